The summed E-state index contributed by atoms with van der Waals surface area (Å²) in [5.74, 6) is 0.611. The van der Waals surface area contributed by atoms with Crippen LogP contribution in [-0.2, 0) is 14.3 Å². The summed E-state index contributed by atoms with van der Waals surface area (Å²) in [5, 5.41) is 3.18. The Morgan fingerprint density at radius 2 is 1.74 bits per heavy atom. The molecule has 0 spiro atoms. The molecule has 7 heteroatoms. The Morgan fingerprint density at radius 1 is 0.971 bits per heavy atom. The molecule has 1 aromatic carbocycles. The molecule has 0 aliphatic carbocycles. The maximum absolute atomic E-state index is 12.4. The van der Waals surface area contributed by atoms with Gasteiger partial charge in [-0.05, 0) is 44.0 Å². The summed E-state index contributed by atoms with van der Waals surface area (Å²) in [6.07, 6.45) is 10.5. The molecule has 0 unspecified atom stereocenters. The number of carbonyl (C=O) groups is 2. The fourth-order valence-electron chi connectivity index (χ4n) is 4.00. The summed E-state index contributed by atoms with van der Waals surface area (Å²) in [7, 11) is 0. The third kappa shape index (κ3) is 7.84. The lowest BCUT2D eigenvalue weighted by Gasteiger charge is -2.10. The molecule has 0 atom stereocenters. The number of nitrogens with zero attached hydrogens (tertiary/aromatic N) is 2. The highest BCUT2D eigenvalue weighted by atomic mass is 16.5. The first-order valence-corrected chi connectivity index (χ1v) is 12.7. The second-order valence-electron chi connectivity index (χ2n) is 8.78. The average molecular weight is 480 g/mol. The molecule has 0 radical (unpaired) electrons. The van der Waals surface area contributed by atoms with Crippen molar-refractivity contribution in [2.24, 2.45) is 0 Å². The fraction of sp³-hybridized carbons (Fsp3) is 0.464. The van der Waals surface area contributed by atoms with Crippen LogP contribution in [0.1, 0.15) is 70.8 Å². The number of benzene rings is 1. The van der Waals surface area contributed by atoms with E-state index in [0.717, 1.165) is 36.0 Å². The number of esters is 2. The maximum atomic E-state index is 12.4. The molecule has 3 aromatic rings. The number of hydrogen-bond donors (Lipinski definition) is 1. The molecule has 0 aliphatic rings. The molecule has 188 valence electrons. The number of nitrogens with one attached hydrogen (secondary N) is 1. The van der Waals surface area contributed by atoms with Gasteiger partial charge in [-0.2, -0.15) is 0 Å². The number of fused-ring (bicyclic) bond motifs is 1. The third-order valence-electron chi connectivity index (χ3n) is 5.80. The minimum absolute atomic E-state index is 0.0235. The van der Waals surface area contributed by atoms with Crippen LogP contribution in [0.15, 0.2) is 42.6 Å². The van der Waals surface area contributed by atoms with Crippen molar-refractivity contribution in [1.29, 1.82) is 0 Å². The van der Waals surface area contributed by atoms with Crippen LogP contribution in [0.2, 0.25) is 0 Å². The normalized spacial score (nSPS) is 10.9. The van der Waals surface area contributed by atoms with Crippen LogP contribution in [-0.4, -0.2) is 34.5 Å². The van der Waals surface area contributed by atoms with E-state index in [1.807, 2.05) is 47.9 Å². The molecule has 35 heavy (non-hydrogen) atoms. The summed E-state index contributed by atoms with van der Waals surface area (Å²) >= 11 is 0. The third-order valence-corrected chi connectivity index (χ3v) is 5.80. The van der Waals surface area contributed by atoms with Crippen molar-refractivity contribution in [2.45, 2.75) is 72.1 Å². The molecule has 2 aromatic heterocycles. The number of imidazole rings is 1. The first-order valence-electron chi connectivity index (χ1n) is 12.7. The van der Waals surface area contributed by atoms with E-state index in [-0.39, 0.29) is 18.5 Å². The minimum Gasteiger partial charge on any atom is -0.465 e. The first kappa shape index (κ1) is 26.3. The van der Waals surface area contributed by atoms with Crippen LogP contribution in [0, 0.1) is 6.92 Å². The minimum atomic E-state index is -0.339. The monoisotopic (exact) mass is 479 g/mol. The van der Waals surface area contributed by atoms with Gasteiger partial charge in [-0.3, -0.25) is 14.0 Å². The topological polar surface area (TPSA) is 81.9 Å². The summed E-state index contributed by atoms with van der Waals surface area (Å²) in [5.41, 5.74) is 3.27. The lowest BCUT2D eigenvalue weighted by molar-refractivity contribution is -0.141. The van der Waals surface area contributed by atoms with Gasteiger partial charge in [-0.25, -0.2) is 4.98 Å². The Hall–Kier alpha value is -3.35. The number of unbranched alkanes of at least 4 members (excludes halogenated alkanes) is 6. The van der Waals surface area contributed by atoms with E-state index in [4.69, 9.17) is 14.5 Å². The van der Waals surface area contributed by atoms with Crippen LogP contribution in [0.25, 0.3) is 16.9 Å². The number of aryl methyl sites for hydroxylation is 1. The summed E-state index contributed by atoms with van der Waals surface area (Å²) in [6, 6.07) is 11.3. The number of pyridine rings is 1. The van der Waals surface area contributed by atoms with Crippen molar-refractivity contribution >= 4 is 23.4 Å². The molecule has 0 saturated heterocycles. The Bertz CT molecular complexity index is 1120. The van der Waals surface area contributed by atoms with E-state index in [9.17, 15) is 9.59 Å². The zero-order chi connectivity index (χ0) is 25.0. The average Bonchev–Trinajstić information content (AvgIpc) is 3.20. The Balaban J connectivity index is 1.70. The molecule has 3 rings (SSSR count). The quantitative estimate of drug-likeness (QED) is 0.165. The second-order valence-corrected chi connectivity index (χ2v) is 8.78. The predicted molar refractivity (Wildman–Crippen MR) is 139 cm³/mol. The second kappa shape index (κ2) is 13.5. The van der Waals surface area contributed by atoms with Crippen molar-refractivity contribution in [3.05, 3.63) is 48.2 Å². The molecular formula is C28H37N3O4. The van der Waals surface area contributed by atoms with Crippen LogP contribution in [0.5, 0.6) is 5.75 Å². The van der Waals surface area contributed by atoms with E-state index in [0.29, 0.717) is 30.3 Å². The van der Waals surface area contributed by atoms with Gasteiger partial charge in [0.25, 0.3) is 0 Å². The number of aromatic nitrogens is 2. The smallest absolute Gasteiger partial charge is 0.325 e. The van der Waals surface area contributed by atoms with Crippen LogP contribution < -0.4 is 10.1 Å². The van der Waals surface area contributed by atoms with Crippen LogP contribution in [0.3, 0.4) is 0 Å². The zero-order valence-corrected chi connectivity index (χ0v) is 21.1. The van der Waals surface area contributed by atoms with Gasteiger partial charge in [0.2, 0.25) is 0 Å². The van der Waals surface area contributed by atoms with Gasteiger partial charge < -0.3 is 14.8 Å². The number of anilines is 1. The zero-order valence-electron chi connectivity index (χ0n) is 21.1. The highest BCUT2D eigenvalue weighted by molar-refractivity contribution is 5.81. The Labute approximate surface area is 207 Å². The first-order chi connectivity index (χ1) is 17.0. The number of hydrogen-bond acceptors (Lipinski definition) is 6. The largest absolute Gasteiger partial charge is 0.465 e. The van der Waals surface area contributed by atoms with Gasteiger partial charge in [-0.15, -0.1) is 0 Å². The molecule has 7 nitrogen and oxygen atoms in total. The molecule has 0 fully saturated rings. The Kier molecular flexibility index (Phi) is 10.1. The van der Waals surface area contributed by atoms with Gasteiger partial charge in [-0.1, -0.05) is 63.6 Å². The molecule has 0 saturated carbocycles. The van der Waals surface area contributed by atoms with Gasteiger partial charge in [0.1, 0.15) is 29.5 Å². The van der Waals surface area contributed by atoms with Crippen molar-refractivity contribution < 1.29 is 19.1 Å². The highest BCUT2D eigenvalue weighted by Crippen LogP contribution is 2.31. The fourth-order valence-corrected chi connectivity index (χ4v) is 4.00. The van der Waals surface area contributed by atoms with Gasteiger partial charge in [0, 0.05) is 18.2 Å². The SMILES string of the molecule is CCCCCCCCCC(=O)Oc1cccc(-c2nc3ccc(C)cn3c2NCC(=O)OCC)c1. The molecule has 0 aliphatic heterocycles. The molecule has 1 N–H and O–H groups in total. The van der Waals surface area contributed by atoms with Crippen molar-refractivity contribution in [2.75, 3.05) is 18.5 Å². The van der Waals surface area contributed by atoms with Crippen molar-refractivity contribution in [1.82, 2.24) is 9.38 Å². The van der Waals surface area contributed by atoms with E-state index in [1.54, 1.807) is 13.0 Å². The van der Waals surface area contributed by atoms with Crippen LogP contribution in [0.4, 0.5) is 5.82 Å². The predicted octanol–water partition coefficient (Wildman–Crippen LogP) is 6.33. The van der Waals surface area contributed by atoms with Gasteiger partial charge >= 0.3 is 11.9 Å². The molecule has 0 amide bonds. The van der Waals surface area contributed by atoms with Gasteiger partial charge in [0.05, 0.1) is 6.61 Å². The van der Waals surface area contributed by atoms with Gasteiger partial charge in [0.15, 0.2) is 0 Å². The standard InChI is InChI=1S/C28H37N3O4/c1-4-6-7-8-9-10-11-15-25(32)35-23-14-12-13-22(18-23)27-28(29-19-26(33)34-5-2)31-20-21(3)16-17-24(31)30-27/h12-14,16-18,20,29H,4-11,15,19H2,1-3H3. The van der Waals surface area contributed by atoms with E-state index in [1.165, 1.54) is 25.7 Å². The van der Waals surface area contributed by atoms with E-state index in [2.05, 4.69) is 12.2 Å². The lowest BCUT2D eigenvalue weighted by atomic mass is 10.1. The molecular weight excluding hydrogens is 442 g/mol. The van der Waals surface area contributed by atoms with E-state index >= 15 is 0 Å². The van der Waals surface area contributed by atoms with Crippen LogP contribution >= 0.6 is 0 Å². The molecule has 0 bridgehead atoms. The highest BCUT2D eigenvalue weighted by Gasteiger charge is 2.17. The maximum Gasteiger partial charge on any atom is 0.325 e. The number of ether oxygens (including phenoxy) is 2. The summed E-state index contributed by atoms with van der Waals surface area (Å²) < 4.78 is 12.6. The van der Waals surface area contributed by atoms with Crippen molar-refractivity contribution in [3.8, 4) is 17.0 Å². The number of carbonyl (C=O) groups excluding carboxylic acids is 2. The Morgan fingerprint density at radius 3 is 2.51 bits per heavy atom. The lowest BCUT2D eigenvalue weighted by Crippen LogP contribution is -2.18. The molecule has 2 heterocycles. The van der Waals surface area contributed by atoms with E-state index < -0.39 is 0 Å². The summed E-state index contributed by atoms with van der Waals surface area (Å²) in [4.78, 5) is 29.1. The van der Waals surface area contributed by atoms with Crippen molar-refractivity contribution in [3.63, 3.8) is 0 Å². The number of rotatable bonds is 14. The summed E-state index contributed by atoms with van der Waals surface area (Å²) in [6.45, 7) is 6.34.